The summed E-state index contributed by atoms with van der Waals surface area (Å²) in [6.07, 6.45) is -0.923. The van der Waals surface area contributed by atoms with E-state index in [2.05, 4.69) is 10.4 Å². The maximum Gasteiger partial charge on any atom is 0.261 e. The Morgan fingerprint density at radius 2 is 2.29 bits per heavy atom. The molecular weight excluding hydrogens is 192 g/mol. The van der Waals surface area contributed by atoms with Gasteiger partial charge in [-0.15, -0.1) is 0 Å². The molecule has 78 valence electrons. The van der Waals surface area contributed by atoms with Crippen LogP contribution in [-0.4, -0.2) is 18.0 Å². The van der Waals surface area contributed by atoms with E-state index in [1.54, 1.807) is 12.1 Å². The number of ether oxygens (including phenoxy) is 1. The van der Waals surface area contributed by atoms with Crippen molar-refractivity contribution in [3.8, 4) is 0 Å². The third-order valence-corrected chi connectivity index (χ3v) is 1.49. The van der Waals surface area contributed by atoms with Gasteiger partial charge in [-0.3, -0.25) is 0 Å². The molecule has 0 aromatic carbocycles. The van der Waals surface area contributed by atoms with Crippen molar-refractivity contribution in [1.29, 1.82) is 0 Å². The van der Waals surface area contributed by atoms with Crippen molar-refractivity contribution >= 4 is 5.82 Å². The number of anilines is 1. The van der Waals surface area contributed by atoms with Gasteiger partial charge in [0.05, 0.1) is 6.61 Å². The van der Waals surface area contributed by atoms with Gasteiger partial charge in [0.1, 0.15) is 12.4 Å². The van der Waals surface area contributed by atoms with Crippen molar-refractivity contribution in [2.45, 2.75) is 13.0 Å². The Morgan fingerprint density at radius 1 is 1.50 bits per heavy atom. The van der Waals surface area contributed by atoms with Crippen molar-refractivity contribution in [2.24, 2.45) is 5.84 Å². The quantitative estimate of drug-likeness (QED) is 0.556. The SMILES string of the molecule is NNc1ccc(COCC(F)F)cn1. The third kappa shape index (κ3) is 3.63. The lowest BCUT2D eigenvalue weighted by Gasteiger charge is -2.04. The molecule has 0 saturated carbocycles. The highest BCUT2D eigenvalue weighted by Gasteiger charge is 2.02. The summed E-state index contributed by atoms with van der Waals surface area (Å²) in [5.74, 6) is 5.61. The molecule has 1 aromatic rings. The maximum atomic E-state index is 11.7. The molecule has 6 heteroatoms. The first kappa shape index (κ1) is 10.8. The van der Waals surface area contributed by atoms with Crippen molar-refractivity contribution in [2.75, 3.05) is 12.0 Å². The topological polar surface area (TPSA) is 60.2 Å². The molecule has 0 spiro atoms. The van der Waals surface area contributed by atoms with Crippen LogP contribution < -0.4 is 11.3 Å². The predicted molar refractivity (Wildman–Crippen MR) is 47.7 cm³/mol. The van der Waals surface area contributed by atoms with Gasteiger partial charge >= 0.3 is 0 Å². The molecule has 0 radical (unpaired) electrons. The summed E-state index contributed by atoms with van der Waals surface area (Å²) in [6, 6.07) is 3.34. The number of pyridine rings is 1. The standard InChI is InChI=1S/C8H11F2N3O/c9-7(10)5-14-4-6-1-2-8(13-11)12-3-6/h1-3,7H,4-5,11H2,(H,12,13). The number of nitrogens with one attached hydrogen (secondary N) is 1. The lowest BCUT2D eigenvalue weighted by Crippen LogP contribution is -2.08. The fraction of sp³-hybridized carbons (Fsp3) is 0.375. The Kier molecular flexibility index (Phi) is 4.21. The van der Waals surface area contributed by atoms with Crippen LogP contribution in [0.4, 0.5) is 14.6 Å². The van der Waals surface area contributed by atoms with Crippen molar-refractivity contribution < 1.29 is 13.5 Å². The van der Waals surface area contributed by atoms with Crippen LogP contribution in [0.3, 0.4) is 0 Å². The first-order valence-corrected chi connectivity index (χ1v) is 4.00. The average Bonchev–Trinajstić information content (AvgIpc) is 2.18. The molecule has 0 unspecified atom stereocenters. The van der Waals surface area contributed by atoms with E-state index in [4.69, 9.17) is 10.6 Å². The second kappa shape index (κ2) is 5.46. The molecular formula is C8H11F2N3O. The molecule has 1 heterocycles. The van der Waals surface area contributed by atoms with Gasteiger partial charge in [0, 0.05) is 6.20 Å². The summed E-state index contributed by atoms with van der Waals surface area (Å²) >= 11 is 0. The minimum atomic E-state index is -2.44. The fourth-order valence-corrected chi connectivity index (χ4v) is 0.861. The van der Waals surface area contributed by atoms with Gasteiger partial charge in [-0.2, -0.15) is 0 Å². The van der Waals surface area contributed by atoms with Gasteiger partial charge in [-0.25, -0.2) is 19.6 Å². The van der Waals surface area contributed by atoms with Gasteiger partial charge in [-0.1, -0.05) is 6.07 Å². The number of hydrazine groups is 1. The van der Waals surface area contributed by atoms with Gasteiger partial charge in [-0.05, 0) is 11.6 Å². The highest BCUT2D eigenvalue weighted by molar-refractivity contribution is 5.33. The highest BCUT2D eigenvalue weighted by atomic mass is 19.3. The molecule has 3 N–H and O–H groups in total. The highest BCUT2D eigenvalue weighted by Crippen LogP contribution is 2.05. The van der Waals surface area contributed by atoms with Gasteiger partial charge in [0.25, 0.3) is 6.43 Å². The van der Waals surface area contributed by atoms with Crippen LogP contribution in [0.5, 0.6) is 0 Å². The number of alkyl halides is 2. The number of nitrogens with two attached hydrogens (primary N) is 1. The van der Waals surface area contributed by atoms with Crippen molar-refractivity contribution in [3.05, 3.63) is 23.9 Å². The van der Waals surface area contributed by atoms with Gasteiger partial charge in [0.2, 0.25) is 0 Å². The minimum Gasteiger partial charge on any atom is -0.371 e. The lowest BCUT2D eigenvalue weighted by atomic mass is 10.3. The molecule has 0 aliphatic rings. The van der Waals surface area contributed by atoms with Gasteiger partial charge in [0.15, 0.2) is 0 Å². The summed E-state index contributed by atoms with van der Waals surface area (Å²) in [7, 11) is 0. The molecule has 1 aromatic heterocycles. The minimum absolute atomic E-state index is 0.127. The first-order chi connectivity index (χ1) is 6.72. The molecule has 0 saturated heterocycles. The van der Waals surface area contributed by atoms with E-state index >= 15 is 0 Å². The molecule has 1 rings (SSSR count). The van der Waals surface area contributed by atoms with Crippen LogP contribution in [0, 0.1) is 0 Å². The summed E-state index contributed by atoms with van der Waals surface area (Å²) in [6.45, 7) is -0.431. The van der Waals surface area contributed by atoms with E-state index in [-0.39, 0.29) is 6.61 Å². The second-order valence-corrected chi connectivity index (χ2v) is 2.60. The smallest absolute Gasteiger partial charge is 0.261 e. The zero-order valence-electron chi connectivity index (χ0n) is 7.41. The Morgan fingerprint density at radius 3 is 2.79 bits per heavy atom. The number of rotatable bonds is 5. The monoisotopic (exact) mass is 203 g/mol. The van der Waals surface area contributed by atoms with Crippen LogP contribution in [-0.2, 0) is 11.3 Å². The molecule has 0 amide bonds. The zero-order valence-corrected chi connectivity index (χ0v) is 7.41. The predicted octanol–water partition coefficient (Wildman–Crippen LogP) is 1.15. The third-order valence-electron chi connectivity index (χ3n) is 1.49. The van der Waals surface area contributed by atoms with Crippen LogP contribution in [0.25, 0.3) is 0 Å². The molecule has 0 atom stereocenters. The Hall–Kier alpha value is -1.27. The fourth-order valence-electron chi connectivity index (χ4n) is 0.861. The molecule has 0 aliphatic carbocycles. The number of halogens is 2. The first-order valence-electron chi connectivity index (χ1n) is 4.00. The van der Waals surface area contributed by atoms with Crippen molar-refractivity contribution in [3.63, 3.8) is 0 Å². The Bertz CT molecular complexity index is 266. The average molecular weight is 203 g/mol. The van der Waals surface area contributed by atoms with Crippen LogP contribution in [0.2, 0.25) is 0 Å². The van der Waals surface area contributed by atoms with E-state index < -0.39 is 13.0 Å². The number of hydrogen-bond acceptors (Lipinski definition) is 4. The van der Waals surface area contributed by atoms with Crippen LogP contribution in [0.1, 0.15) is 5.56 Å². The molecule has 14 heavy (non-hydrogen) atoms. The summed E-state index contributed by atoms with van der Waals surface area (Å²) in [5.41, 5.74) is 3.08. The Labute approximate surface area is 80.1 Å². The van der Waals surface area contributed by atoms with Crippen LogP contribution in [0.15, 0.2) is 18.3 Å². The van der Waals surface area contributed by atoms with Crippen LogP contribution >= 0.6 is 0 Å². The molecule has 0 fully saturated rings. The normalized spacial score (nSPS) is 10.6. The zero-order chi connectivity index (χ0) is 10.4. The summed E-state index contributed by atoms with van der Waals surface area (Å²) in [4.78, 5) is 3.89. The van der Waals surface area contributed by atoms with E-state index in [0.717, 1.165) is 5.56 Å². The second-order valence-electron chi connectivity index (χ2n) is 2.60. The van der Waals surface area contributed by atoms with E-state index in [9.17, 15) is 8.78 Å². The largest absolute Gasteiger partial charge is 0.371 e. The number of nitrogen functional groups attached to an aromatic ring is 1. The number of hydrogen-bond donors (Lipinski definition) is 2. The van der Waals surface area contributed by atoms with E-state index in [1.807, 2.05) is 0 Å². The van der Waals surface area contributed by atoms with E-state index in [0.29, 0.717) is 5.82 Å². The van der Waals surface area contributed by atoms with E-state index in [1.165, 1.54) is 6.20 Å². The molecule has 4 nitrogen and oxygen atoms in total. The Balaban J connectivity index is 2.36. The summed E-state index contributed by atoms with van der Waals surface area (Å²) in [5, 5.41) is 0. The molecule has 0 bridgehead atoms. The lowest BCUT2D eigenvalue weighted by molar-refractivity contribution is 0.00980. The van der Waals surface area contributed by atoms with Crippen molar-refractivity contribution in [1.82, 2.24) is 4.98 Å². The number of aromatic nitrogens is 1. The van der Waals surface area contributed by atoms with Gasteiger partial charge < -0.3 is 10.2 Å². The number of nitrogens with zero attached hydrogens (tertiary/aromatic N) is 1. The molecule has 0 aliphatic heterocycles. The summed E-state index contributed by atoms with van der Waals surface area (Å²) < 4.78 is 28.1. The maximum absolute atomic E-state index is 11.7.